The van der Waals surface area contributed by atoms with Gasteiger partial charge in [-0.05, 0) is 18.5 Å². The molecule has 1 aromatic heterocycles. The van der Waals surface area contributed by atoms with Crippen molar-refractivity contribution < 1.29 is 9.90 Å². The number of aliphatic carboxylic acids is 1. The molecule has 1 N–H and O–H groups in total. The first-order valence-corrected chi connectivity index (χ1v) is 4.63. The summed E-state index contributed by atoms with van der Waals surface area (Å²) in [6, 6.07) is 2.01. The molecule has 0 aliphatic rings. The van der Waals surface area contributed by atoms with Crippen molar-refractivity contribution >= 4 is 22.5 Å². The molecule has 0 aliphatic carbocycles. The van der Waals surface area contributed by atoms with E-state index < -0.39 is 5.97 Å². The Morgan fingerprint density at radius 2 is 2.43 bits per heavy atom. The highest BCUT2D eigenvalue weighted by atomic mass is 32.1. The first-order chi connectivity index (χ1) is 6.56. The van der Waals surface area contributed by atoms with Crippen LogP contribution in [0, 0.1) is 18.3 Å². The second-order valence-electron chi connectivity index (χ2n) is 2.81. The minimum absolute atomic E-state index is 0.129. The summed E-state index contributed by atoms with van der Waals surface area (Å²) in [6.45, 7) is 1.60. The summed E-state index contributed by atoms with van der Waals surface area (Å²) in [4.78, 5) is 12.0. The number of rotatable bonds is 3. The molecule has 0 unspecified atom stereocenters. The zero-order valence-electron chi connectivity index (χ0n) is 7.81. The number of nitriles is 1. The van der Waals surface area contributed by atoms with Crippen LogP contribution in [0.4, 0.5) is 5.00 Å². The Kier molecular flexibility index (Phi) is 3.04. The van der Waals surface area contributed by atoms with Gasteiger partial charge in [-0.1, -0.05) is 0 Å². The molecule has 0 radical (unpaired) electrons. The molecule has 0 amide bonds. The Labute approximate surface area is 85.4 Å². The Bertz CT molecular complexity index is 394. The molecule has 0 fully saturated rings. The number of aryl methyl sites for hydroxylation is 1. The molecule has 0 aliphatic heterocycles. The highest BCUT2D eigenvalue weighted by molar-refractivity contribution is 7.10. The van der Waals surface area contributed by atoms with Crippen LogP contribution in [-0.2, 0) is 4.79 Å². The second-order valence-corrected chi connectivity index (χ2v) is 3.56. The van der Waals surface area contributed by atoms with E-state index in [9.17, 15) is 4.79 Å². The third-order valence-electron chi connectivity index (χ3n) is 1.68. The van der Waals surface area contributed by atoms with E-state index >= 15 is 0 Å². The van der Waals surface area contributed by atoms with Crippen LogP contribution in [0.3, 0.4) is 0 Å². The van der Waals surface area contributed by atoms with Crippen LogP contribution in [0.25, 0.3) is 0 Å². The van der Waals surface area contributed by atoms with Crippen molar-refractivity contribution in [3.05, 3.63) is 11.3 Å². The lowest BCUT2D eigenvalue weighted by Gasteiger charge is -2.13. The van der Waals surface area contributed by atoms with Crippen molar-refractivity contribution in [2.45, 2.75) is 6.92 Å². The van der Waals surface area contributed by atoms with E-state index in [0.717, 1.165) is 11.5 Å². The topological polar surface area (TPSA) is 77.2 Å². The second kappa shape index (κ2) is 4.07. The number of nitrogens with zero attached hydrogens (tertiary/aromatic N) is 3. The molecule has 0 aromatic carbocycles. The van der Waals surface area contributed by atoms with Crippen molar-refractivity contribution in [1.29, 1.82) is 5.26 Å². The van der Waals surface area contributed by atoms with Crippen LogP contribution in [0.15, 0.2) is 0 Å². The molecular formula is C8H9N3O2S. The number of carbonyl (C=O) groups is 1. The first kappa shape index (κ1) is 10.5. The van der Waals surface area contributed by atoms with Gasteiger partial charge in [0, 0.05) is 7.05 Å². The molecule has 1 heterocycles. The van der Waals surface area contributed by atoms with Crippen molar-refractivity contribution in [3.63, 3.8) is 0 Å². The third-order valence-corrected chi connectivity index (χ3v) is 2.73. The average molecular weight is 211 g/mol. The van der Waals surface area contributed by atoms with Crippen molar-refractivity contribution in [2.24, 2.45) is 0 Å². The van der Waals surface area contributed by atoms with Gasteiger partial charge < -0.3 is 10.0 Å². The molecule has 0 bridgehead atoms. The summed E-state index contributed by atoms with van der Waals surface area (Å²) in [5, 5.41) is 18.0. The molecule has 14 heavy (non-hydrogen) atoms. The summed E-state index contributed by atoms with van der Waals surface area (Å²) < 4.78 is 4.00. The standard InChI is InChI=1S/C8H9N3O2S/c1-5-6(3-9)8(14-10-5)11(2)4-7(12)13/h4H2,1-2H3,(H,12,13). The SMILES string of the molecule is Cc1nsc(N(C)CC(=O)O)c1C#N. The Hall–Kier alpha value is -1.61. The van der Waals surface area contributed by atoms with Gasteiger partial charge >= 0.3 is 5.97 Å². The maximum Gasteiger partial charge on any atom is 0.323 e. The van der Waals surface area contributed by atoms with Gasteiger partial charge in [-0.15, -0.1) is 0 Å². The van der Waals surface area contributed by atoms with Gasteiger partial charge in [0.05, 0.1) is 5.69 Å². The monoisotopic (exact) mass is 211 g/mol. The van der Waals surface area contributed by atoms with E-state index in [4.69, 9.17) is 10.4 Å². The normalized spacial score (nSPS) is 9.50. The zero-order valence-corrected chi connectivity index (χ0v) is 8.63. The van der Waals surface area contributed by atoms with E-state index in [1.807, 2.05) is 6.07 Å². The van der Waals surface area contributed by atoms with Gasteiger partial charge in [-0.3, -0.25) is 4.79 Å². The molecule has 0 saturated heterocycles. The lowest BCUT2D eigenvalue weighted by Crippen LogP contribution is -2.24. The van der Waals surface area contributed by atoms with E-state index in [1.54, 1.807) is 14.0 Å². The molecule has 0 atom stereocenters. The minimum atomic E-state index is -0.928. The van der Waals surface area contributed by atoms with Gasteiger partial charge in [-0.25, -0.2) is 0 Å². The lowest BCUT2D eigenvalue weighted by atomic mass is 10.2. The first-order valence-electron chi connectivity index (χ1n) is 3.85. The minimum Gasteiger partial charge on any atom is -0.480 e. The lowest BCUT2D eigenvalue weighted by molar-refractivity contribution is -0.135. The quantitative estimate of drug-likeness (QED) is 0.801. The molecular weight excluding hydrogens is 202 g/mol. The van der Waals surface area contributed by atoms with Crippen LogP contribution >= 0.6 is 11.5 Å². The van der Waals surface area contributed by atoms with Crippen LogP contribution in [0.2, 0.25) is 0 Å². The number of hydrogen-bond donors (Lipinski definition) is 1. The maximum atomic E-state index is 10.4. The van der Waals surface area contributed by atoms with Gasteiger partial charge in [0.2, 0.25) is 0 Å². The Morgan fingerprint density at radius 1 is 1.79 bits per heavy atom. The fourth-order valence-electron chi connectivity index (χ4n) is 1.02. The van der Waals surface area contributed by atoms with Crippen molar-refractivity contribution in [2.75, 3.05) is 18.5 Å². The summed E-state index contributed by atoms with van der Waals surface area (Å²) in [5.41, 5.74) is 1.10. The predicted octanol–water partition coefficient (Wildman–Crippen LogP) is 0.844. The number of anilines is 1. The number of aromatic nitrogens is 1. The summed E-state index contributed by atoms with van der Waals surface area (Å²) in [7, 11) is 1.63. The molecule has 1 aromatic rings. The molecule has 74 valence electrons. The average Bonchev–Trinajstić information content (AvgIpc) is 2.45. The van der Waals surface area contributed by atoms with Crippen LogP contribution < -0.4 is 4.90 Å². The molecule has 6 heteroatoms. The fraction of sp³-hybridized carbons (Fsp3) is 0.375. The smallest absolute Gasteiger partial charge is 0.323 e. The molecule has 0 spiro atoms. The highest BCUT2D eigenvalue weighted by Crippen LogP contribution is 2.26. The third kappa shape index (κ3) is 2.00. The predicted molar refractivity (Wildman–Crippen MR) is 52.5 cm³/mol. The van der Waals surface area contributed by atoms with Gasteiger partial charge in [0.1, 0.15) is 23.2 Å². The summed E-state index contributed by atoms with van der Waals surface area (Å²) in [5.74, 6) is -0.928. The van der Waals surface area contributed by atoms with E-state index in [0.29, 0.717) is 16.3 Å². The molecule has 5 nitrogen and oxygen atoms in total. The van der Waals surface area contributed by atoms with Gasteiger partial charge in [0.15, 0.2) is 0 Å². The summed E-state index contributed by atoms with van der Waals surface area (Å²) in [6.07, 6.45) is 0. The van der Waals surface area contributed by atoms with Gasteiger partial charge in [0.25, 0.3) is 0 Å². The highest BCUT2D eigenvalue weighted by Gasteiger charge is 2.15. The van der Waals surface area contributed by atoms with E-state index in [2.05, 4.69) is 4.37 Å². The fourth-order valence-corrected chi connectivity index (χ4v) is 1.82. The van der Waals surface area contributed by atoms with E-state index in [-0.39, 0.29) is 6.54 Å². The Balaban J connectivity index is 2.96. The number of likely N-dealkylation sites (N-methyl/N-ethyl adjacent to an activating group) is 1. The molecule has 1 rings (SSSR count). The largest absolute Gasteiger partial charge is 0.480 e. The number of carboxylic acids is 1. The molecule has 0 saturated carbocycles. The number of carboxylic acid groups (broad SMARTS) is 1. The van der Waals surface area contributed by atoms with Crippen LogP contribution in [0.5, 0.6) is 0 Å². The number of hydrogen-bond acceptors (Lipinski definition) is 5. The Morgan fingerprint density at radius 3 is 2.93 bits per heavy atom. The maximum absolute atomic E-state index is 10.4. The van der Waals surface area contributed by atoms with Crippen LogP contribution in [-0.4, -0.2) is 29.0 Å². The van der Waals surface area contributed by atoms with E-state index in [1.165, 1.54) is 4.90 Å². The van der Waals surface area contributed by atoms with Gasteiger partial charge in [-0.2, -0.15) is 9.64 Å². The van der Waals surface area contributed by atoms with Crippen molar-refractivity contribution in [1.82, 2.24) is 4.37 Å². The summed E-state index contributed by atoms with van der Waals surface area (Å²) >= 11 is 1.14. The zero-order chi connectivity index (χ0) is 10.7. The van der Waals surface area contributed by atoms with Crippen LogP contribution in [0.1, 0.15) is 11.3 Å². The van der Waals surface area contributed by atoms with Crippen molar-refractivity contribution in [3.8, 4) is 6.07 Å².